The number of nitrogens with one attached hydrogen (secondary N) is 2. The van der Waals surface area contributed by atoms with Gasteiger partial charge in [0.05, 0.1) is 50.7 Å². The van der Waals surface area contributed by atoms with Crippen LogP contribution in [0.15, 0.2) is 0 Å². The quantitative estimate of drug-likeness (QED) is 0.0252. The summed E-state index contributed by atoms with van der Waals surface area (Å²) in [6.45, 7) is 2.26. The average molecular weight is 1450 g/mol. The minimum atomic E-state index is -3.08. The molecule has 23 heteroatoms. The number of rotatable bonds is 65. The molecule has 3 fully saturated rings. The number of aliphatic hydroxyl groups is 11. The molecule has 23 nitrogen and oxygen atoms in total. The zero-order chi connectivity index (χ0) is 73.9. The highest BCUT2D eigenvalue weighted by molar-refractivity contribution is 5.77. The van der Waals surface area contributed by atoms with Crippen molar-refractivity contribution in [2.24, 2.45) is 0 Å². The van der Waals surface area contributed by atoms with E-state index in [1.807, 2.05) is 0 Å². The summed E-state index contributed by atoms with van der Waals surface area (Å²) in [5.74, 6) is -6.09. The van der Waals surface area contributed by atoms with Crippen LogP contribution in [-0.4, -0.2) is 215 Å². The standard InChI is InChI=1S/C78H148N2O21/c1-4-6-8-10-12-14-16-18-20-21-22-23-24-25-26-27-28-29-30-31-32-33-34-35-36-38-40-42-44-46-48-50-52-65(88)80-59(60(85)51-49-47-45-43-41-39-37-19-17-15-13-11-9-7-5-2)57-96-75-70(92)69(91)72(64(56-83)98-75)99-76-71(93)74(68(90)63(55-82)97-76)101-78(77(94)95)53-61(86)66(79-58(3)84)73(100-78)67(89)62(87)54-81/h59-64,66-76,81-83,85-87,89-93H,4-57H2,1-3H3,(H,79,84)(H,80,88)(H,94,95). The van der Waals surface area contributed by atoms with Gasteiger partial charge in [0.15, 0.2) is 12.6 Å². The van der Waals surface area contributed by atoms with E-state index < -0.39 is 148 Å². The maximum absolute atomic E-state index is 13.5. The number of amides is 2. The Labute approximate surface area is 608 Å². The number of carbonyl (C=O) groups is 3. The van der Waals surface area contributed by atoms with Crippen molar-refractivity contribution >= 4 is 17.8 Å². The first-order valence-electron chi connectivity index (χ1n) is 40.9. The molecule has 0 aromatic rings. The Morgan fingerprint density at radius 1 is 0.475 bits per heavy atom. The van der Waals surface area contributed by atoms with E-state index in [0.717, 1.165) is 51.9 Å². The van der Waals surface area contributed by atoms with Gasteiger partial charge in [-0.15, -0.1) is 0 Å². The fourth-order valence-electron chi connectivity index (χ4n) is 14.6. The maximum Gasteiger partial charge on any atom is 0.364 e. The van der Waals surface area contributed by atoms with Gasteiger partial charge in [-0.1, -0.05) is 309 Å². The molecule has 18 atom stereocenters. The lowest BCUT2D eigenvalue weighted by molar-refractivity contribution is -0.386. The second-order valence-electron chi connectivity index (χ2n) is 30.0. The summed E-state index contributed by atoms with van der Waals surface area (Å²) in [7, 11) is 0. The van der Waals surface area contributed by atoms with Gasteiger partial charge in [-0.25, -0.2) is 4.79 Å². The number of carboxylic acids is 1. The zero-order valence-electron chi connectivity index (χ0n) is 63.0. The van der Waals surface area contributed by atoms with E-state index >= 15 is 0 Å². The lowest BCUT2D eigenvalue weighted by atomic mass is 9.88. The van der Waals surface area contributed by atoms with E-state index in [4.69, 9.17) is 28.4 Å². The SMILES string of the molecule is CCCCCCCCCCCCCCCCCCCCCCCCCCCCCCCCCCC(=O)NC(COC1OC(CO)C(OC2OC(CO)C(O)C(OC3(C(=O)O)CC(O)C(NC(C)=O)C(C(O)C(O)CO)O3)C2O)C(O)C1O)C(O)CCCCCCCCCCCCCCCCC. The molecule has 101 heavy (non-hydrogen) atoms. The van der Waals surface area contributed by atoms with Gasteiger partial charge in [-0.2, -0.15) is 0 Å². The van der Waals surface area contributed by atoms with Crippen molar-refractivity contribution in [1.82, 2.24) is 10.6 Å². The van der Waals surface area contributed by atoms with Gasteiger partial charge in [0.1, 0.15) is 67.1 Å². The van der Waals surface area contributed by atoms with Crippen molar-refractivity contribution in [2.45, 2.75) is 452 Å². The Balaban J connectivity index is 1.45. The summed E-state index contributed by atoms with van der Waals surface area (Å²) in [4.78, 5) is 38.7. The van der Waals surface area contributed by atoms with E-state index in [-0.39, 0.29) is 18.9 Å². The first-order chi connectivity index (χ1) is 48.9. The lowest BCUT2D eigenvalue weighted by Crippen LogP contribution is -2.70. The molecule has 596 valence electrons. The molecule has 0 saturated carbocycles. The van der Waals surface area contributed by atoms with Crippen LogP contribution >= 0.6 is 0 Å². The molecule has 3 heterocycles. The normalized spacial score (nSPS) is 26.7. The van der Waals surface area contributed by atoms with E-state index in [9.17, 15) is 75.7 Å². The number of aliphatic hydroxyl groups excluding tert-OH is 11. The fraction of sp³-hybridized carbons (Fsp3) is 0.962. The van der Waals surface area contributed by atoms with Gasteiger partial charge in [-0.05, 0) is 12.8 Å². The zero-order valence-corrected chi connectivity index (χ0v) is 63.0. The van der Waals surface area contributed by atoms with E-state index in [1.165, 1.54) is 244 Å². The minimum Gasteiger partial charge on any atom is -0.477 e. The van der Waals surface area contributed by atoms with Crippen molar-refractivity contribution in [3.05, 3.63) is 0 Å². The number of carboxylic acid groups (broad SMARTS) is 1. The molecule has 0 aliphatic carbocycles. The number of aliphatic carboxylic acids is 1. The number of unbranched alkanes of at least 4 members (excludes halogenated alkanes) is 45. The third-order valence-electron chi connectivity index (χ3n) is 21.1. The van der Waals surface area contributed by atoms with Crippen molar-refractivity contribution < 1.29 is 104 Å². The first-order valence-corrected chi connectivity index (χ1v) is 40.9. The summed E-state index contributed by atoms with van der Waals surface area (Å²) in [6.07, 6.45) is 31.2. The molecule has 2 amide bonds. The van der Waals surface area contributed by atoms with Gasteiger partial charge < -0.3 is 100 Å². The highest BCUT2D eigenvalue weighted by Crippen LogP contribution is 2.39. The fourth-order valence-corrected chi connectivity index (χ4v) is 14.6. The van der Waals surface area contributed by atoms with Crippen LogP contribution < -0.4 is 10.6 Å². The molecular weight excluding hydrogens is 1300 g/mol. The Hall–Kier alpha value is -2.27. The second-order valence-corrected chi connectivity index (χ2v) is 30.0. The Bertz CT molecular complexity index is 2020. The smallest absolute Gasteiger partial charge is 0.364 e. The second kappa shape index (κ2) is 57.8. The summed E-state index contributed by atoms with van der Waals surface area (Å²) >= 11 is 0. The van der Waals surface area contributed by atoms with Crippen molar-refractivity contribution in [2.75, 3.05) is 26.4 Å². The van der Waals surface area contributed by atoms with Gasteiger partial charge in [-0.3, -0.25) is 9.59 Å². The monoisotopic (exact) mass is 1450 g/mol. The molecule has 3 rings (SSSR count). The summed E-state index contributed by atoms with van der Waals surface area (Å²) in [5.41, 5.74) is 0. The predicted molar refractivity (Wildman–Crippen MR) is 389 cm³/mol. The van der Waals surface area contributed by atoms with Gasteiger partial charge >= 0.3 is 5.97 Å². The average Bonchev–Trinajstić information content (AvgIpc) is 0.756. The molecule has 3 saturated heterocycles. The third kappa shape index (κ3) is 38.4. The van der Waals surface area contributed by atoms with Gasteiger partial charge in [0, 0.05) is 19.8 Å². The molecule has 3 aliphatic rings. The molecule has 0 aromatic carbocycles. The van der Waals surface area contributed by atoms with Crippen LogP contribution in [0.25, 0.3) is 0 Å². The van der Waals surface area contributed by atoms with Gasteiger partial charge in [0.25, 0.3) is 5.79 Å². The molecule has 0 bridgehead atoms. The molecule has 3 aliphatic heterocycles. The minimum absolute atomic E-state index is 0.230. The number of hydrogen-bond acceptors (Lipinski definition) is 20. The van der Waals surface area contributed by atoms with Crippen LogP contribution in [0.5, 0.6) is 0 Å². The van der Waals surface area contributed by atoms with E-state index in [1.54, 1.807) is 0 Å². The van der Waals surface area contributed by atoms with Crippen LogP contribution in [0.1, 0.15) is 342 Å². The molecule has 0 radical (unpaired) electrons. The van der Waals surface area contributed by atoms with E-state index in [0.29, 0.717) is 19.3 Å². The lowest BCUT2D eigenvalue weighted by Gasteiger charge is -2.50. The Morgan fingerprint density at radius 3 is 1.24 bits per heavy atom. The summed E-state index contributed by atoms with van der Waals surface area (Å²) < 4.78 is 35.0. The largest absolute Gasteiger partial charge is 0.477 e. The van der Waals surface area contributed by atoms with E-state index in [2.05, 4.69) is 24.5 Å². The molecule has 0 aromatic heterocycles. The number of hydrogen-bond donors (Lipinski definition) is 14. The predicted octanol–water partition coefficient (Wildman–Crippen LogP) is 10.8. The molecule has 0 spiro atoms. The number of ether oxygens (including phenoxy) is 6. The molecule has 14 N–H and O–H groups in total. The Morgan fingerprint density at radius 2 is 0.861 bits per heavy atom. The maximum atomic E-state index is 13.5. The Kier molecular flexibility index (Phi) is 53.2. The highest BCUT2D eigenvalue weighted by atomic mass is 16.8. The van der Waals surface area contributed by atoms with Crippen molar-refractivity contribution in [3.8, 4) is 0 Å². The summed E-state index contributed by atoms with van der Waals surface area (Å²) in [5, 5.41) is 136. The topological polar surface area (TPSA) is 373 Å². The number of carbonyl (C=O) groups excluding carboxylic acids is 2. The molecular formula is C78H148N2O21. The van der Waals surface area contributed by atoms with Crippen LogP contribution in [0.4, 0.5) is 0 Å². The van der Waals surface area contributed by atoms with Gasteiger partial charge in [0.2, 0.25) is 11.8 Å². The molecule has 18 unspecified atom stereocenters. The van der Waals surface area contributed by atoms with Crippen LogP contribution in [0, 0.1) is 0 Å². The van der Waals surface area contributed by atoms with Crippen molar-refractivity contribution in [1.29, 1.82) is 0 Å². The van der Waals surface area contributed by atoms with Crippen LogP contribution in [0.3, 0.4) is 0 Å². The van der Waals surface area contributed by atoms with Crippen LogP contribution in [0.2, 0.25) is 0 Å². The van der Waals surface area contributed by atoms with Crippen molar-refractivity contribution in [3.63, 3.8) is 0 Å². The summed E-state index contributed by atoms with van der Waals surface area (Å²) in [6, 6.07) is -2.53. The van der Waals surface area contributed by atoms with Crippen LogP contribution in [-0.2, 0) is 42.8 Å². The first kappa shape index (κ1) is 92.9. The third-order valence-corrected chi connectivity index (χ3v) is 21.1. The highest BCUT2D eigenvalue weighted by Gasteiger charge is 2.60.